The fourth-order valence-corrected chi connectivity index (χ4v) is 3.85. The van der Waals surface area contributed by atoms with Crippen LogP contribution in [0.5, 0.6) is 5.75 Å². The SMILES string of the molecule is COc1ccccc1NC(=O)N1CCC[C@@H](c2nnc(-c3cccs3)o2)C1. The van der Waals surface area contributed by atoms with E-state index >= 15 is 0 Å². The Hall–Kier alpha value is -2.87. The van der Waals surface area contributed by atoms with Crippen LogP contribution >= 0.6 is 11.3 Å². The first-order valence-corrected chi connectivity index (χ1v) is 9.69. The van der Waals surface area contributed by atoms with Crippen molar-refractivity contribution in [1.29, 1.82) is 0 Å². The minimum absolute atomic E-state index is 0.0448. The number of ether oxygens (including phenoxy) is 1. The number of likely N-dealkylation sites (tertiary alicyclic amines) is 1. The lowest BCUT2D eigenvalue weighted by Gasteiger charge is -2.31. The van der Waals surface area contributed by atoms with Crippen molar-refractivity contribution < 1.29 is 13.9 Å². The van der Waals surface area contributed by atoms with Crippen LogP contribution in [0.2, 0.25) is 0 Å². The summed E-state index contributed by atoms with van der Waals surface area (Å²) in [4.78, 5) is 15.4. The van der Waals surface area contributed by atoms with Crippen LogP contribution in [0.3, 0.4) is 0 Å². The summed E-state index contributed by atoms with van der Waals surface area (Å²) in [6, 6.07) is 11.1. The van der Waals surface area contributed by atoms with Crippen LogP contribution in [0, 0.1) is 0 Å². The van der Waals surface area contributed by atoms with Gasteiger partial charge in [-0.25, -0.2) is 4.79 Å². The molecule has 4 rings (SSSR count). The second-order valence-electron chi connectivity index (χ2n) is 6.34. The number of thiophene rings is 1. The molecule has 2 amide bonds. The molecule has 1 N–H and O–H groups in total. The van der Waals surface area contributed by atoms with Crippen LogP contribution < -0.4 is 10.1 Å². The maximum Gasteiger partial charge on any atom is 0.321 e. The van der Waals surface area contributed by atoms with Gasteiger partial charge in [-0.15, -0.1) is 21.5 Å². The van der Waals surface area contributed by atoms with Crippen molar-refractivity contribution in [1.82, 2.24) is 15.1 Å². The van der Waals surface area contributed by atoms with Gasteiger partial charge < -0.3 is 19.4 Å². The van der Waals surface area contributed by atoms with Gasteiger partial charge in [0.05, 0.1) is 23.6 Å². The molecule has 0 aliphatic carbocycles. The second-order valence-corrected chi connectivity index (χ2v) is 7.29. The molecule has 0 saturated carbocycles. The number of hydrogen-bond donors (Lipinski definition) is 1. The van der Waals surface area contributed by atoms with E-state index < -0.39 is 0 Å². The topological polar surface area (TPSA) is 80.5 Å². The number of methoxy groups -OCH3 is 1. The van der Waals surface area contributed by atoms with Gasteiger partial charge >= 0.3 is 6.03 Å². The molecule has 1 saturated heterocycles. The summed E-state index contributed by atoms with van der Waals surface area (Å²) in [5.74, 6) is 1.81. The number of nitrogens with zero attached hydrogens (tertiary/aromatic N) is 3. The van der Waals surface area contributed by atoms with Gasteiger partial charge in [0.2, 0.25) is 5.89 Å². The Morgan fingerprint density at radius 1 is 1.30 bits per heavy atom. The molecule has 8 heteroatoms. The average molecular weight is 384 g/mol. The molecule has 1 aliphatic rings. The van der Waals surface area contributed by atoms with E-state index in [1.165, 1.54) is 0 Å². The van der Waals surface area contributed by atoms with Crippen LogP contribution in [0.25, 0.3) is 10.8 Å². The predicted octanol–water partition coefficient (Wildman–Crippen LogP) is 4.22. The highest BCUT2D eigenvalue weighted by molar-refractivity contribution is 7.13. The smallest absolute Gasteiger partial charge is 0.321 e. The van der Waals surface area contributed by atoms with Crippen molar-refractivity contribution in [2.45, 2.75) is 18.8 Å². The van der Waals surface area contributed by atoms with Gasteiger partial charge in [0.15, 0.2) is 0 Å². The molecule has 0 radical (unpaired) electrons. The maximum atomic E-state index is 12.7. The lowest BCUT2D eigenvalue weighted by atomic mass is 9.98. The lowest BCUT2D eigenvalue weighted by molar-refractivity contribution is 0.187. The summed E-state index contributed by atoms with van der Waals surface area (Å²) in [5.41, 5.74) is 0.657. The van der Waals surface area contributed by atoms with E-state index in [9.17, 15) is 4.79 Å². The van der Waals surface area contributed by atoms with Crippen molar-refractivity contribution in [2.75, 3.05) is 25.5 Å². The van der Waals surface area contributed by atoms with Gasteiger partial charge in [-0.1, -0.05) is 18.2 Å². The third kappa shape index (κ3) is 3.80. The lowest BCUT2D eigenvalue weighted by Crippen LogP contribution is -2.41. The Kier molecular flexibility index (Phi) is 5.06. The number of carbonyl (C=O) groups is 1. The summed E-state index contributed by atoms with van der Waals surface area (Å²) in [5, 5.41) is 13.3. The fourth-order valence-electron chi connectivity index (χ4n) is 3.20. The minimum Gasteiger partial charge on any atom is -0.495 e. The zero-order valence-corrected chi connectivity index (χ0v) is 15.7. The first kappa shape index (κ1) is 17.5. The number of anilines is 1. The number of amides is 2. The van der Waals surface area contributed by atoms with Crippen molar-refractivity contribution in [3.63, 3.8) is 0 Å². The van der Waals surface area contributed by atoms with Crippen LogP contribution in [0.4, 0.5) is 10.5 Å². The van der Waals surface area contributed by atoms with E-state index in [0.29, 0.717) is 36.3 Å². The first-order chi connectivity index (χ1) is 13.2. The van der Waals surface area contributed by atoms with Gasteiger partial charge in [-0.05, 0) is 36.4 Å². The summed E-state index contributed by atoms with van der Waals surface area (Å²) in [6.45, 7) is 1.25. The molecule has 1 atom stereocenters. The summed E-state index contributed by atoms with van der Waals surface area (Å²) in [6.07, 6.45) is 1.81. The van der Waals surface area contributed by atoms with Crippen molar-refractivity contribution in [2.24, 2.45) is 0 Å². The van der Waals surface area contributed by atoms with Gasteiger partial charge in [-0.2, -0.15) is 0 Å². The maximum absolute atomic E-state index is 12.7. The Morgan fingerprint density at radius 3 is 3.00 bits per heavy atom. The number of para-hydroxylation sites is 2. The number of benzene rings is 1. The molecule has 2 aromatic heterocycles. The molecule has 0 bridgehead atoms. The summed E-state index contributed by atoms with van der Waals surface area (Å²) < 4.78 is 11.2. The van der Waals surface area contributed by atoms with E-state index in [-0.39, 0.29) is 11.9 Å². The predicted molar refractivity (Wildman–Crippen MR) is 103 cm³/mol. The van der Waals surface area contributed by atoms with Crippen molar-refractivity contribution in [3.8, 4) is 16.5 Å². The standard InChI is InChI=1S/C19H20N4O3S/c1-25-15-8-3-2-7-14(15)20-19(24)23-10-4-6-13(12-23)17-21-22-18(26-17)16-9-5-11-27-16/h2-3,5,7-9,11,13H,4,6,10,12H2,1H3,(H,20,24)/t13-/m1/s1. The molecule has 3 heterocycles. The zero-order valence-electron chi connectivity index (χ0n) is 14.9. The molecule has 1 aromatic carbocycles. The average Bonchev–Trinajstić information content (AvgIpc) is 3.40. The molecule has 140 valence electrons. The Morgan fingerprint density at radius 2 is 2.19 bits per heavy atom. The molecule has 0 spiro atoms. The summed E-state index contributed by atoms with van der Waals surface area (Å²) >= 11 is 1.56. The second kappa shape index (κ2) is 7.79. The molecule has 27 heavy (non-hydrogen) atoms. The molecule has 1 fully saturated rings. The van der Waals surface area contributed by atoms with Crippen LogP contribution in [0.1, 0.15) is 24.7 Å². The monoisotopic (exact) mass is 384 g/mol. The van der Waals surface area contributed by atoms with Crippen molar-refractivity contribution >= 4 is 23.1 Å². The molecule has 3 aromatic rings. The van der Waals surface area contributed by atoms with E-state index in [2.05, 4.69) is 15.5 Å². The fraction of sp³-hybridized carbons (Fsp3) is 0.316. The van der Waals surface area contributed by atoms with Crippen molar-refractivity contribution in [3.05, 3.63) is 47.7 Å². The molecular formula is C19H20N4O3S. The highest BCUT2D eigenvalue weighted by Gasteiger charge is 2.29. The van der Waals surface area contributed by atoms with E-state index in [0.717, 1.165) is 17.7 Å². The normalized spacial score (nSPS) is 16.9. The molecular weight excluding hydrogens is 364 g/mol. The van der Waals surface area contributed by atoms with E-state index in [1.54, 1.807) is 23.3 Å². The Labute approximate surface area is 161 Å². The molecule has 1 aliphatic heterocycles. The number of piperidine rings is 1. The molecule has 0 unspecified atom stereocenters. The van der Waals surface area contributed by atoms with Gasteiger partial charge in [-0.3, -0.25) is 0 Å². The summed E-state index contributed by atoms with van der Waals surface area (Å²) in [7, 11) is 1.59. The number of nitrogens with one attached hydrogen (secondary N) is 1. The third-order valence-electron chi connectivity index (χ3n) is 4.58. The first-order valence-electron chi connectivity index (χ1n) is 8.81. The number of hydrogen-bond acceptors (Lipinski definition) is 6. The van der Waals surface area contributed by atoms with E-state index in [4.69, 9.17) is 9.15 Å². The van der Waals surface area contributed by atoms with Crippen LogP contribution in [-0.2, 0) is 0 Å². The third-order valence-corrected chi connectivity index (χ3v) is 5.44. The van der Waals surface area contributed by atoms with Crippen LogP contribution in [0.15, 0.2) is 46.2 Å². The van der Waals surface area contributed by atoms with Gasteiger partial charge in [0.25, 0.3) is 5.89 Å². The van der Waals surface area contributed by atoms with Gasteiger partial charge in [0, 0.05) is 13.1 Å². The number of rotatable bonds is 4. The van der Waals surface area contributed by atoms with E-state index in [1.807, 2.05) is 41.8 Å². The zero-order chi connectivity index (χ0) is 18.6. The van der Waals surface area contributed by atoms with Crippen LogP contribution in [-0.4, -0.2) is 41.3 Å². The Balaban J connectivity index is 1.44. The number of urea groups is 1. The number of aromatic nitrogens is 2. The van der Waals surface area contributed by atoms with Gasteiger partial charge in [0.1, 0.15) is 5.75 Å². The number of carbonyl (C=O) groups excluding carboxylic acids is 1. The molecule has 7 nitrogen and oxygen atoms in total. The highest BCUT2D eigenvalue weighted by Crippen LogP contribution is 2.30. The Bertz CT molecular complexity index is 909. The highest BCUT2D eigenvalue weighted by atomic mass is 32.1. The minimum atomic E-state index is -0.151. The largest absolute Gasteiger partial charge is 0.495 e. The quantitative estimate of drug-likeness (QED) is 0.728.